The summed E-state index contributed by atoms with van der Waals surface area (Å²) in [6.07, 6.45) is 3.65. The van der Waals surface area contributed by atoms with Gasteiger partial charge in [-0.2, -0.15) is 0 Å². The highest BCUT2D eigenvalue weighted by Gasteiger charge is 2.39. The summed E-state index contributed by atoms with van der Waals surface area (Å²) in [5, 5.41) is 3.15. The molecule has 3 unspecified atom stereocenters. The van der Waals surface area contributed by atoms with Crippen LogP contribution in [-0.2, 0) is 0 Å². The largest absolute Gasteiger partial charge is 0.420 e. The summed E-state index contributed by atoms with van der Waals surface area (Å²) in [6, 6.07) is 0.834. The summed E-state index contributed by atoms with van der Waals surface area (Å²) < 4.78 is 5.02. The van der Waals surface area contributed by atoms with Crippen LogP contribution < -0.4 is 5.32 Å². The van der Waals surface area contributed by atoms with Gasteiger partial charge in [-0.15, -0.1) is 0 Å². The maximum absolute atomic E-state index is 11.9. The molecular formula is C12H16ClN3O2. The van der Waals surface area contributed by atoms with E-state index in [0.29, 0.717) is 12.0 Å². The average Bonchev–Trinajstić information content (AvgIpc) is 2.77. The van der Waals surface area contributed by atoms with Crippen molar-refractivity contribution >= 4 is 17.5 Å². The van der Waals surface area contributed by atoms with E-state index in [4.69, 9.17) is 16.0 Å². The van der Waals surface area contributed by atoms with E-state index in [9.17, 15) is 4.79 Å². The molecular weight excluding hydrogens is 254 g/mol. The van der Waals surface area contributed by atoms with E-state index >= 15 is 0 Å². The zero-order chi connectivity index (χ0) is 12.7. The zero-order valence-corrected chi connectivity index (χ0v) is 11.0. The first-order valence-electron chi connectivity index (χ1n) is 6.29. The summed E-state index contributed by atoms with van der Waals surface area (Å²) >= 11 is 5.61. The lowest BCUT2D eigenvalue weighted by molar-refractivity contribution is 0.0267. The number of halogens is 1. The molecule has 3 aliphatic rings. The average molecular weight is 270 g/mol. The number of fused-ring (bicyclic) bond motifs is 3. The van der Waals surface area contributed by atoms with Gasteiger partial charge in [-0.25, -0.2) is 4.98 Å². The van der Waals surface area contributed by atoms with Crippen molar-refractivity contribution in [1.82, 2.24) is 15.2 Å². The highest BCUT2D eigenvalue weighted by Crippen LogP contribution is 2.32. The van der Waals surface area contributed by atoms with Crippen molar-refractivity contribution in [2.75, 3.05) is 13.1 Å². The predicted molar refractivity (Wildman–Crippen MR) is 66.5 cm³/mol. The van der Waals surface area contributed by atoms with E-state index in [2.05, 4.69) is 22.1 Å². The molecule has 0 radical (unpaired) electrons. The van der Waals surface area contributed by atoms with E-state index in [1.54, 1.807) is 0 Å². The number of carbonyl (C=O) groups is 1. The summed E-state index contributed by atoms with van der Waals surface area (Å²) in [5.74, 6) is 0.345. The second-order valence-electron chi connectivity index (χ2n) is 5.18. The molecule has 3 saturated heterocycles. The Morgan fingerprint density at radius 2 is 2.50 bits per heavy atom. The smallest absolute Gasteiger partial charge is 0.307 e. The van der Waals surface area contributed by atoms with Crippen LogP contribution in [0.25, 0.3) is 0 Å². The Bertz CT molecular complexity index is 462. The van der Waals surface area contributed by atoms with Crippen molar-refractivity contribution < 1.29 is 9.21 Å². The molecule has 0 aliphatic carbocycles. The molecule has 5 nitrogen and oxygen atoms in total. The number of piperidine rings is 3. The quantitative estimate of drug-likeness (QED) is 0.885. The van der Waals surface area contributed by atoms with Crippen molar-refractivity contribution in [2.24, 2.45) is 5.92 Å². The summed E-state index contributed by atoms with van der Waals surface area (Å²) in [6.45, 7) is 4.31. The van der Waals surface area contributed by atoms with Gasteiger partial charge in [-0.05, 0) is 43.8 Å². The fraction of sp³-hybridized carbons (Fsp3) is 0.667. The molecule has 3 fully saturated rings. The van der Waals surface area contributed by atoms with Crippen LogP contribution in [0.15, 0.2) is 10.6 Å². The summed E-state index contributed by atoms with van der Waals surface area (Å²) in [5.41, 5.74) is 0. The van der Waals surface area contributed by atoms with Crippen molar-refractivity contribution in [1.29, 1.82) is 0 Å². The van der Waals surface area contributed by atoms with Crippen molar-refractivity contribution in [2.45, 2.75) is 31.8 Å². The lowest BCUT2D eigenvalue weighted by Gasteiger charge is -2.48. The first kappa shape index (κ1) is 12.0. The molecule has 0 aromatic carbocycles. The fourth-order valence-electron chi connectivity index (χ4n) is 3.05. The third-order valence-corrected chi connectivity index (χ3v) is 4.22. The van der Waals surface area contributed by atoms with E-state index in [1.165, 1.54) is 6.20 Å². The van der Waals surface area contributed by atoms with Gasteiger partial charge >= 0.3 is 5.91 Å². The van der Waals surface area contributed by atoms with Gasteiger partial charge in [0.15, 0.2) is 0 Å². The number of rotatable bonds is 2. The second-order valence-corrected chi connectivity index (χ2v) is 5.55. The third-order valence-electron chi connectivity index (χ3n) is 4.04. The summed E-state index contributed by atoms with van der Waals surface area (Å²) in [4.78, 5) is 18.2. The second kappa shape index (κ2) is 4.55. The van der Waals surface area contributed by atoms with E-state index < -0.39 is 0 Å². The molecule has 4 heterocycles. The molecule has 1 aromatic rings. The monoisotopic (exact) mass is 269 g/mol. The highest BCUT2D eigenvalue weighted by molar-refractivity contribution is 6.28. The Morgan fingerprint density at radius 1 is 1.67 bits per heavy atom. The molecule has 98 valence electrons. The molecule has 1 amide bonds. The van der Waals surface area contributed by atoms with Gasteiger partial charge in [-0.1, -0.05) is 0 Å². The topological polar surface area (TPSA) is 58.4 Å². The molecule has 3 aliphatic heterocycles. The molecule has 18 heavy (non-hydrogen) atoms. The minimum absolute atomic E-state index is 0.0458. The van der Waals surface area contributed by atoms with Crippen molar-refractivity contribution in [3.8, 4) is 0 Å². The predicted octanol–water partition coefficient (Wildman–Crippen LogP) is 1.54. The maximum atomic E-state index is 11.9. The molecule has 2 bridgehead atoms. The van der Waals surface area contributed by atoms with Crippen LogP contribution in [0.5, 0.6) is 0 Å². The SMILES string of the molecule is CC1CC2CCN1C[C@@H]2NC(=O)c1ncc(Cl)o1. The van der Waals surface area contributed by atoms with Crippen LogP contribution in [0.4, 0.5) is 0 Å². The van der Waals surface area contributed by atoms with Gasteiger partial charge in [0.2, 0.25) is 5.22 Å². The Hall–Kier alpha value is -1.07. The highest BCUT2D eigenvalue weighted by atomic mass is 35.5. The Balaban J connectivity index is 1.65. The minimum atomic E-state index is -0.270. The third kappa shape index (κ3) is 2.12. The van der Waals surface area contributed by atoms with Crippen molar-refractivity contribution in [3.63, 3.8) is 0 Å². The maximum Gasteiger partial charge on any atom is 0.307 e. The fourth-order valence-corrected chi connectivity index (χ4v) is 3.17. The normalized spacial score (nSPS) is 34.6. The first-order chi connectivity index (χ1) is 8.63. The number of oxazole rings is 1. The Kier molecular flexibility index (Phi) is 3.03. The van der Waals surface area contributed by atoms with Gasteiger partial charge in [0.05, 0.1) is 6.20 Å². The van der Waals surface area contributed by atoms with Crippen LogP contribution in [0.2, 0.25) is 5.22 Å². The number of carbonyl (C=O) groups excluding carboxylic acids is 1. The molecule has 1 N–H and O–H groups in total. The molecule has 4 rings (SSSR count). The number of nitrogens with zero attached hydrogens (tertiary/aromatic N) is 2. The van der Waals surface area contributed by atoms with Gasteiger partial charge in [0.25, 0.3) is 5.89 Å². The molecule has 1 aromatic heterocycles. The van der Waals surface area contributed by atoms with E-state index in [1.807, 2.05) is 0 Å². The number of aromatic nitrogens is 1. The Labute approximate surface area is 110 Å². The van der Waals surface area contributed by atoms with Crippen molar-refractivity contribution in [3.05, 3.63) is 17.3 Å². The lowest BCUT2D eigenvalue weighted by Crippen LogP contribution is -2.60. The van der Waals surface area contributed by atoms with Crippen LogP contribution in [0, 0.1) is 5.92 Å². The van der Waals surface area contributed by atoms with Gasteiger partial charge in [-0.3, -0.25) is 9.69 Å². The number of hydrogen-bond donors (Lipinski definition) is 1. The lowest BCUT2D eigenvalue weighted by atomic mass is 9.80. The molecule has 0 spiro atoms. The van der Waals surface area contributed by atoms with Gasteiger partial charge < -0.3 is 9.73 Å². The molecule has 4 atom stereocenters. The zero-order valence-electron chi connectivity index (χ0n) is 10.2. The van der Waals surface area contributed by atoms with Gasteiger partial charge in [0.1, 0.15) is 0 Å². The van der Waals surface area contributed by atoms with E-state index in [-0.39, 0.29) is 23.1 Å². The summed E-state index contributed by atoms with van der Waals surface area (Å²) in [7, 11) is 0. The molecule has 0 saturated carbocycles. The number of hydrogen-bond acceptors (Lipinski definition) is 4. The van der Waals surface area contributed by atoms with Crippen LogP contribution in [0.3, 0.4) is 0 Å². The Morgan fingerprint density at radius 3 is 3.06 bits per heavy atom. The van der Waals surface area contributed by atoms with Crippen LogP contribution in [0.1, 0.15) is 30.5 Å². The van der Waals surface area contributed by atoms with Crippen LogP contribution >= 0.6 is 11.6 Å². The number of nitrogens with one attached hydrogen (secondary N) is 1. The minimum Gasteiger partial charge on any atom is -0.420 e. The number of amides is 1. The molecule has 6 heteroatoms. The standard InChI is InChI=1S/C12H16ClN3O2/c1-7-4-8-2-3-16(7)6-9(8)15-11(17)12-14-5-10(13)18-12/h5,7-9H,2-4,6H2,1H3,(H,15,17)/t7?,8?,9-/m0/s1. The van der Waals surface area contributed by atoms with Gasteiger partial charge in [0, 0.05) is 18.6 Å². The first-order valence-corrected chi connectivity index (χ1v) is 6.67. The van der Waals surface area contributed by atoms with Crippen LogP contribution in [-0.4, -0.2) is 41.0 Å². The van der Waals surface area contributed by atoms with E-state index in [0.717, 1.165) is 25.9 Å².